The minimum Gasteiger partial charge on any atom is -0.321 e. The fraction of sp³-hybridized carbons (Fsp3) is 0. The Labute approximate surface area is 175 Å². The second kappa shape index (κ2) is 9.30. The molecule has 0 heterocycles. The summed E-state index contributed by atoms with van der Waals surface area (Å²) in [6.45, 7) is 0. The Hall–Kier alpha value is -2.96. The smallest absolute Gasteiger partial charge is 0.273 e. The van der Waals surface area contributed by atoms with Crippen molar-refractivity contribution in [2.75, 3.05) is 5.32 Å². The summed E-state index contributed by atoms with van der Waals surface area (Å²) in [6, 6.07) is 20.9. The van der Waals surface area contributed by atoms with Gasteiger partial charge < -0.3 is 5.32 Å². The Bertz CT molecular complexity index is 1050. The third kappa shape index (κ3) is 4.85. The SMILES string of the molecule is O=C(Nc1ccccc1C(=O)NN=Cc1ccccc1Cl)c1ccccc1Br. The van der Waals surface area contributed by atoms with Crippen molar-refractivity contribution in [2.45, 2.75) is 0 Å². The second-order valence-electron chi connectivity index (χ2n) is 5.70. The normalized spacial score (nSPS) is 10.6. The number of nitrogens with one attached hydrogen (secondary N) is 2. The molecule has 0 aliphatic carbocycles. The number of halogens is 2. The van der Waals surface area contributed by atoms with Crippen molar-refractivity contribution in [3.63, 3.8) is 0 Å². The van der Waals surface area contributed by atoms with Crippen molar-refractivity contribution < 1.29 is 9.59 Å². The number of carbonyl (C=O) groups excluding carboxylic acids is 2. The van der Waals surface area contributed by atoms with Crippen molar-refractivity contribution in [1.29, 1.82) is 0 Å². The van der Waals surface area contributed by atoms with Gasteiger partial charge in [-0.05, 0) is 46.3 Å². The summed E-state index contributed by atoms with van der Waals surface area (Å²) < 4.78 is 0.666. The van der Waals surface area contributed by atoms with Gasteiger partial charge in [0.1, 0.15) is 0 Å². The maximum atomic E-state index is 12.5. The third-order valence-electron chi connectivity index (χ3n) is 3.81. The molecule has 0 radical (unpaired) electrons. The lowest BCUT2D eigenvalue weighted by Crippen LogP contribution is -2.21. The maximum Gasteiger partial charge on any atom is 0.273 e. The summed E-state index contributed by atoms with van der Waals surface area (Å²) in [6.07, 6.45) is 1.46. The van der Waals surface area contributed by atoms with Gasteiger partial charge in [-0.2, -0.15) is 5.10 Å². The molecule has 0 saturated heterocycles. The molecule has 0 unspecified atom stereocenters. The van der Waals surface area contributed by atoms with E-state index in [1.165, 1.54) is 6.21 Å². The highest BCUT2D eigenvalue weighted by molar-refractivity contribution is 9.10. The molecular formula is C21H15BrClN3O2. The van der Waals surface area contributed by atoms with Gasteiger partial charge in [0.2, 0.25) is 0 Å². The van der Waals surface area contributed by atoms with Crippen LogP contribution < -0.4 is 10.7 Å². The van der Waals surface area contributed by atoms with Crippen LogP contribution in [0, 0.1) is 0 Å². The largest absolute Gasteiger partial charge is 0.321 e. The van der Waals surface area contributed by atoms with Crippen LogP contribution in [-0.4, -0.2) is 18.0 Å². The number of hydrazone groups is 1. The van der Waals surface area contributed by atoms with Gasteiger partial charge in [0, 0.05) is 15.1 Å². The van der Waals surface area contributed by atoms with E-state index < -0.39 is 5.91 Å². The zero-order valence-electron chi connectivity index (χ0n) is 14.5. The number of amides is 2. The first-order valence-electron chi connectivity index (χ1n) is 8.29. The van der Waals surface area contributed by atoms with Gasteiger partial charge in [-0.3, -0.25) is 9.59 Å². The van der Waals surface area contributed by atoms with Crippen LogP contribution in [0.2, 0.25) is 5.02 Å². The maximum absolute atomic E-state index is 12.5. The summed E-state index contributed by atoms with van der Waals surface area (Å²) in [5, 5.41) is 7.23. The van der Waals surface area contributed by atoms with Crippen LogP contribution in [0.3, 0.4) is 0 Å². The Kier molecular flexibility index (Phi) is 6.57. The van der Waals surface area contributed by atoms with E-state index in [1.54, 1.807) is 54.6 Å². The highest BCUT2D eigenvalue weighted by atomic mass is 79.9. The van der Waals surface area contributed by atoms with E-state index in [4.69, 9.17) is 11.6 Å². The fourth-order valence-electron chi connectivity index (χ4n) is 2.43. The van der Waals surface area contributed by atoms with E-state index in [0.717, 1.165) is 0 Å². The molecule has 3 aromatic rings. The quantitative estimate of drug-likeness (QED) is 0.413. The minimum absolute atomic E-state index is 0.291. The summed E-state index contributed by atoms with van der Waals surface area (Å²) in [7, 11) is 0. The first-order chi connectivity index (χ1) is 13.6. The summed E-state index contributed by atoms with van der Waals surface area (Å²) in [5.74, 6) is -0.779. The van der Waals surface area contributed by atoms with Crippen LogP contribution in [0.5, 0.6) is 0 Å². The van der Waals surface area contributed by atoms with Crippen LogP contribution in [0.4, 0.5) is 5.69 Å². The van der Waals surface area contributed by atoms with E-state index in [9.17, 15) is 9.59 Å². The molecule has 0 spiro atoms. The van der Waals surface area contributed by atoms with Gasteiger partial charge in [-0.1, -0.05) is 54.1 Å². The van der Waals surface area contributed by atoms with Crippen molar-refractivity contribution in [1.82, 2.24) is 5.43 Å². The number of hydrogen-bond donors (Lipinski definition) is 2. The molecule has 3 aromatic carbocycles. The Morgan fingerprint density at radius 3 is 2.25 bits per heavy atom. The van der Waals surface area contributed by atoms with E-state index >= 15 is 0 Å². The number of hydrogen-bond acceptors (Lipinski definition) is 3. The van der Waals surface area contributed by atoms with Crippen molar-refractivity contribution in [3.05, 3.63) is 99.0 Å². The van der Waals surface area contributed by atoms with Gasteiger partial charge in [0.25, 0.3) is 11.8 Å². The van der Waals surface area contributed by atoms with Crippen LogP contribution in [0.15, 0.2) is 82.4 Å². The summed E-state index contributed by atoms with van der Waals surface area (Å²) >= 11 is 9.40. The molecule has 2 amide bonds. The summed E-state index contributed by atoms with van der Waals surface area (Å²) in [5.41, 5.74) is 4.27. The Morgan fingerprint density at radius 1 is 0.857 bits per heavy atom. The zero-order chi connectivity index (χ0) is 19.9. The first kappa shape index (κ1) is 19.8. The van der Waals surface area contributed by atoms with E-state index in [2.05, 4.69) is 31.8 Å². The van der Waals surface area contributed by atoms with Crippen molar-refractivity contribution in [3.8, 4) is 0 Å². The average Bonchev–Trinajstić information content (AvgIpc) is 2.70. The Morgan fingerprint density at radius 2 is 1.50 bits per heavy atom. The highest BCUT2D eigenvalue weighted by Gasteiger charge is 2.15. The average molecular weight is 457 g/mol. The standard InChI is InChI=1S/C21H15BrClN3O2/c22-17-10-4-2-8-15(17)20(27)25-19-12-6-3-9-16(19)21(28)26-24-13-14-7-1-5-11-18(14)23/h1-13H,(H,25,27)(H,26,28). The molecule has 28 heavy (non-hydrogen) atoms. The Balaban J connectivity index is 1.74. The van der Waals surface area contributed by atoms with Gasteiger partial charge in [-0.15, -0.1) is 0 Å². The second-order valence-corrected chi connectivity index (χ2v) is 6.96. The highest BCUT2D eigenvalue weighted by Crippen LogP contribution is 2.20. The molecule has 0 fully saturated rings. The number of carbonyl (C=O) groups is 2. The number of benzene rings is 3. The topological polar surface area (TPSA) is 70.6 Å². The van der Waals surface area contributed by atoms with Crippen LogP contribution in [-0.2, 0) is 0 Å². The third-order valence-corrected chi connectivity index (χ3v) is 4.85. The lowest BCUT2D eigenvalue weighted by molar-refractivity contribution is 0.0956. The molecule has 3 rings (SSSR count). The first-order valence-corrected chi connectivity index (χ1v) is 9.46. The van der Waals surface area contributed by atoms with Gasteiger partial charge >= 0.3 is 0 Å². The van der Waals surface area contributed by atoms with Gasteiger partial charge in [0.05, 0.1) is 23.0 Å². The van der Waals surface area contributed by atoms with E-state index in [1.807, 2.05) is 18.2 Å². The predicted octanol–water partition coefficient (Wildman–Crippen LogP) is 5.12. The lowest BCUT2D eigenvalue weighted by Gasteiger charge is -2.10. The van der Waals surface area contributed by atoms with Gasteiger partial charge in [-0.25, -0.2) is 5.43 Å². The monoisotopic (exact) mass is 455 g/mol. The van der Waals surface area contributed by atoms with Crippen LogP contribution in [0.25, 0.3) is 0 Å². The molecule has 0 saturated carbocycles. The number of nitrogens with zero attached hydrogens (tertiary/aromatic N) is 1. The molecule has 0 aliphatic heterocycles. The molecule has 0 aromatic heterocycles. The number of para-hydroxylation sites is 1. The fourth-order valence-corrected chi connectivity index (χ4v) is 3.07. The van der Waals surface area contributed by atoms with Crippen LogP contribution >= 0.6 is 27.5 Å². The summed E-state index contributed by atoms with van der Waals surface area (Å²) in [4.78, 5) is 25.0. The van der Waals surface area contributed by atoms with E-state index in [-0.39, 0.29) is 5.91 Å². The molecule has 0 bridgehead atoms. The molecule has 7 heteroatoms. The van der Waals surface area contributed by atoms with Crippen LogP contribution in [0.1, 0.15) is 26.3 Å². The van der Waals surface area contributed by atoms with Crippen molar-refractivity contribution >= 4 is 51.2 Å². The van der Waals surface area contributed by atoms with E-state index in [0.29, 0.717) is 31.9 Å². The molecule has 0 atom stereocenters. The molecular weight excluding hydrogens is 442 g/mol. The molecule has 140 valence electrons. The number of anilines is 1. The van der Waals surface area contributed by atoms with Crippen molar-refractivity contribution in [2.24, 2.45) is 5.10 Å². The van der Waals surface area contributed by atoms with Gasteiger partial charge in [0.15, 0.2) is 0 Å². The zero-order valence-corrected chi connectivity index (χ0v) is 16.9. The molecule has 0 aliphatic rings. The lowest BCUT2D eigenvalue weighted by atomic mass is 10.1. The predicted molar refractivity (Wildman–Crippen MR) is 115 cm³/mol. The molecule has 5 nitrogen and oxygen atoms in total. The number of rotatable bonds is 5. The molecule has 2 N–H and O–H groups in total. The minimum atomic E-state index is -0.452.